The van der Waals surface area contributed by atoms with E-state index in [1.54, 1.807) is 0 Å². The number of hydrogen-bond donors (Lipinski definition) is 1. The Hall–Kier alpha value is -1.98. The van der Waals surface area contributed by atoms with Crippen molar-refractivity contribution >= 4 is 19.6 Å². The molecule has 0 heterocycles. The van der Waals surface area contributed by atoms with E-state index in [1.807, 2.05) is 0 Å². The molecule has 5 nitrogen and oxygen atoms in total. The maximum absolute atomic E-state index is 11.0. The van der Waals surface area contributed by atoms with E-state index >= 15 is 0 Å². The molecule has 0 spiro atoms. The number of carboxylic acids is 1. The van der Waals surface area contributed by atoms with Gasteiger partial charge in [0.25, 0.3) is 0 Å². The normalized spacial score (nSPS) is 9.07. The van der Waals surface area contributed by atoms with Crippen LogP contribution in [0.25, 0.3) is 0 Å². The molecule has 14 heavy (non-hydrogen) atoms. The van der Waals surface area contributed by atoms with Crippen molar-refractivity contribution in [2.45, 2.75) is 0 Å². The summed E-state index contributed by atoms with van der Waals surface area (Å²) in [6, 6.07) is 5.30. The van der Waals surface area contributed by atoms with Crippen LogP contribution in [-0.2, 0) is 4.84 Å². The van der Waals surface area contributed by atoms with E-state index in [0.29, 0.717) is 0 Å². The molecule has 0 amide bonds. The van der Waals surface area contributed by atoms with Crippen LogP contribution in [0.4, 0.5) is 0 Å². The van der Waals surface area contributed by atoms with Crippen molar-refractivity contribution in [2.24, 2.45) is 5.06 Å². The van der Waals surface area contributed by atoms with Gasteiger partial charge in [0.05, 0.1) is 0 Å². The fourth-order valence-electron chi connectivity index (χ4n) is 0.860. The third kappa shape index (κ3) is 2.26. The topological polar surface area (TPSA) is 76.0 Å². The molecule has 0 aromatic heterocycles. The third-order valence-corrected chi connectivity index (χ3v) is 1.52. The molecule has 0 aliphatic heterocycles. The fourth-order valence-corrected chi connectivity index (χ4v) is 0.860. The van der Waals surface area contributed by atoms with Crippen molar-refractivity contribution in [3.8, 4) is 0 Å². The van der Waals surface area contributed by atoms with Crippen molar-refractivity contribution in [1.29, 1.82) is 0 Å². The molecule has 1 N–H and O–H groups in total. The van der Waals surface area contributed by atoms with Gasteiger partial charge in [0, 0.05) is 0 Å². The van der Waals surface area contributed by atoms with Gasteiger partial charge in [0.15, 0.2) is 0 Å². The van der Waals surface area contributed by atoms with Crippen LogP contribution in [0.15, 0.2) is 29.3 Å². The van der Waals surface area contributed by atoms with Gasteiger partial charge in [-0.3, -0.25) is 0 Å². The predicted molar refractivity (Wildman–Crippen MR) is 48.4 cm³/mol. The van der Waals surface area contributed by atoms with Gasteiger partial charge in [0.1, 0.15) is 0 Å². The molecule has 0 atom stereocenters. The number of carbonyl (C=O) groups excluding carboxylic acids is 1. The summed E-state index contributed by atoms with van der Waals surface area (Å²) in [5.74, 6) is -1.72. The first kappa shape index (κ1) is 10.1. The van der Waals surface area contributed by atoms with Crippen LogP contribution in [-0.4, -0.2) is 24.7 Å². The van der Waals surface area contributed by atoms with Crippen molar-refractivity contribution in [2.75, 3.05) is 0 Å². The molecule has 0 saturated heterocycles. The van der Waals surface area contributed by atoms with Gasteiger partial charge in [-0.1, -0.05) is 0 Å². The number of benzene rings is 1. The SMILES string of the molecule is B=NOC(=O)c1ccc(C(=O)O)cc1. The summed E-state index contributed by atoms with van der Waals surface area (Å²) < 4.78 is 0. The maximum atomic E-state index is 11.0. The molecule has 0 saturated carbocycles. The van der Waals surface area contributed by atoms with E-state index in [1.165, 1.54) is 24.3 Å². The molecule has 0 bridgehead atoms. The van der Waals surface area contributed by atoms with Gasteiger partial charge in [-0.05, 0) is 0 Å². The number of carbonyl (C=O) groups is 2. The monoisotopic (exact) mass is 191 g/mol. The fraction of sp³-hybridized carbons (Fsp3) is 0. The van der Waals surface area contributed by atoms with E-state index in [2.05, 4.69) is 17.5 Å². The minimum absolute atomic E-state index is 0.105. The Balaban J connectivity index is 2.88. The van der Waals surface area contributed by atoms with Crippen LogP contribution in [0.1, 0.15) is 20.7 Å². The molecule has 70 valence electrons. The Kier molecular flexibility index (Phi) is 3.12. The summed E-state index contributed by atoms with van der Waals surface area (Å²) in [6.07, 6.45) is 0. The Morgan fingerprint density at radius 2 is 1.71 bits per heavy atom. The van der Waals surface area contributed by atoms with E-state index in [-0.39, 0.29) is 11.1 Å². The van der Waals surface area contributed by atoms with Crippen LogP contribution >= 0.6 is 0 Å². The van der Waals surface area contributed by atoms with Crippen molar-refractivity contribution in [3.05, 3.63) is 35.4 Å². The summed E-state index contributed by atoms with van der Waals surface area (Å²) in [4.78, 5) is 25.7. The average Bonchev–Trinajstić information content (AvgIpc) is 2.18. The Labute approximate surface area is 80.4 Å². The zero-order chi connectivity index (χ0) is 10.6. The van der Waals surface area contributed by atoms with Gasteiger partial charge in [0.2, 0.25) is 0 Å². The first-order valence-corrected chi connectivity index (χ1v) is 3.66. The van der Waals surface area contributed by atoms with Gasteiger partial charge in [-0.25, -0.2) is 0 Å². The molecule has 6 heteroatoms. The van der Waals surface area contributed by atoms with E-state index in [4.69, 9.17) is 5.11 Å². The quantitative estimate of drug-likeness (QED) is 0.558. The third-order valence-electron chi connectivity index (χ3n) is 1.52. The first-order chi connectivity index (χ1) is 6.65. The van der Waals surface area contributed by atoms with Crippen molar-refractivity contribution in [1.82, 2.24) is 0 Å². The van der Waals surface area contributed by atoms with Gasteiger partial charge in [-0.15, -0.1) is 0 Å². The average molecular weight is 191 g/mol. The van der Waals surface area contributed by atoms with Crippen LogP contribution < -0.4 is 0 Å². The molecule has 0 aliphatic carbocycles. The standard InChI is InChI=1S/C8H6BNO4/c9-10-14-8(13)6-3-1-5(2-4-6)7(11)12/h1-4,9H,(H,11,12). The molecule has 1 aromatic carbocycles. The van der Waals surface area contributed by atoms with Crippen LogP contribution in [0.3, 0.4) is 0 Å². The van der Waals surface area contributed by atoms with E-state index in [9.17, 15) is 9.59 Å². The zero-order valence-corrected chi connectivity index (χ0v) is 7.14. The summed E-state index contributed by atoms with van der Waals surface area (Å²) in [5.41, 5.74) is 0.329. The number of rotatable bonds is 3. The Morgan fingerprint density at radius 3 is 2.14 bits per heavy atom. The molecular formula is C8H6BNO4. The molecule has 0 radical (unpaired) electrons. The number of nitrogens with zero attached hydrogens (tertiary/aromatic N) is 1. The van der Waals surface area contributed by atoms with E-state index < -0.39 is 11.9 Å². The van der Waals surface area contributed by atoms with Crippen LogP contribution in [0.2, 0.25) is 0 Å². The predicted octanol–water partition coefficient (Wildman–Crippen LogP) is 0.541. The second kappa shape index (κ2) is 4.31. The second-order valence-corrected chi connectivity index (χ2v) is 2.39. The Bertz CT molecular complexity index is 373. The molecule has 0 fully saturated rings. The molecule has 0 aliphatic rings. The number of hydrogen-bond acceptors (Lipinski definition) is 4. The molecule has 1 aromatic rings. The van der Waals surface area contributed by atoms with Gasteiger partial charge < -0.3 is 0 Å². The van der Waals surface area contributed by atoms with Crippen molar-refractivity contribution in [3.63, 3.8) is 0 Å². The number of carboxylic acid groups (broad SMARTS) is 1. The second-order valence-electron chi connectivity index (χ2n) is 2.39. The van der Waals surface area contributed by atoms with Crippen molar-refractivity contribution < 1.29 is 19.5 Å². The zero-order valence-electron chi connectivity index (χ0n) is 7.14. The Morgan fingerprint density at radius 1 is 1.21 bits per heavy atom. The first-order valence-electron chi connectivity index (χ1n) is 3.66. The van der Waals surface area contributed by atoms with E-state index in [0.717, 1.165) is 0 Å². The molecule has 1 rings (SSSR count). The summed E-state index contributed by atoms with van der Waals surface area (Å²) in [6.45, 7) is 0. The summed E-state index contributed by atoms with van der Waals surface area (Å²) in [5, 5.41) is 11.5. The number of aromatic carboxylic acids is 1. The van der Waals surface area contributed by atoms with Gasteiger partial charge in [-0.2, -0.15) is 0 Å². The summed E-state index contributed by atoms with van der Waals surface area (Å²) in [7, 11) is 2.98. The molecule has 0 unspecified atom stereocenters. The van der Waals surface area contributed by atoms with Crippen LogP contribution in [0, 0.1) is 0 Å². The molecular weight excluding hydrogens is 185 g/mol. The summed E-state index contributed by atoms with van der Waals surface area (Å²) >= 11 is 0. The minimum atomic E-state index is -1.05. The van der Waals surface area contributed by atoms with Crippen LogP contribution in [0.5, 0.6) is 0 Å². The van der Waals surface area contributed by atoms with Gasteiger partial charge >= 0.3 is 79.6 Å².